The minimum atomic E-state index is -1.52. The molecular weight excluding hydrogens is 616 g/mol. The highest BCUT2D eigenvalue weighted by atomic mass is 79.9. The normalized spacial score (nSPS) is 21.4. The topological polar surface area (TPSA) is 127 Å². The molecule has 4 rings (SSSR count). The quantitative estimate of drug-likeness (QED) is 0.206. The molecule has 3 N–H and O–H groups in total. The number of halogens is 1. The van der Waals surface area contributed by atoms with Gasteiger partial charge >= 0.3 is 5.97 Å². The highest BCUT2D eigenvalue weighted by molar-refractivity contribution is 9.10. The Hall–Kier alpha value is -2.95. The average molecular weight is 660 g/mol. The first kappa shape index (κ1) is 33.0. The van der Waals surface area contributed by atoms with Gasteiger partial charge in [-0.1, -0.05) is 53.4 Å². The number of aliphatic hydroxyl groups excluding tert-OH is 1. The van der Waals surface area contributed by atoms with Gasteiger partial charge in [-0.3, -0.25) is 9.59 Å². The lowest BCUT2D eigenvalue weighted by Crippen LogP contribution is -2.53. The van der Waals surface area contributed by atoms with Gasteiger partial charge < -0.3 is 29.7 Å². The molecule has 2 aromatic carbocycles. The third-order valence-electron chi connectivity index (χ3n) is 7.71. The van der Waals surface area contributed by atoms with Crippen molar-refractivity contribution in [3.63, 3.8) is 0 Å². The summed E-state index contributed by atoms with van der Waals surface area (Å²) >= 11 is 3.62. The number of aliphatic imine (C=N–C) groups is 1. The summed E-state index contributed by atoms with van der Waals surface area (Å²) in [6.45, 7) is 5.92. The Morgan fingerprint density at radius 3 is 2.44 bits per heavy atom. The van der Waals surface area contributed by atoms with Gasteiger partial charge in [0.15, 0.2) is 11.6 Å². The van der Waals surface area contributed by atoms with Crippen LogP contribution in [0.3, 0.4) is 0 Å². The van der Waals surface area contributed by atoms with Gasteiger partial charge in [0, 0.05) is 41.6 Å². The predicted octanol–water partition coefficient (Wildman–Crippen LogP) is 5.40. The fraction of sp³-hybridized carbons (Fsp3) is 0.545. The van der Waals surface area contributed by atoms with Crippen LogP contribution < -0.4 is 10.1 Å². The second-order valence-electron chi connectivity index (χ2n) is 12.4. The monoisotopic (exact) mass is 658 g/mol. The molecular formula is C33H43BrN2O7. The highest BCUT2D eigenvalue weighted by Gasteiger charge is 2.54. The van der Waals surface area contributed by atoms with Crippen molar-refractivity contribution in [1.82, 2.24) is 5.32 Å². The summed E-state index contributed by atoms with van der Waals surface area (Å²) in [6, 6.07) is 14.7. The molecule has 0 bridgehead atoms. The summed E-state index contributed by atoms with van der Waals surface area (Å²) in [7, 11) is 0. The zero-order valence-corrected chi connectivity index (χ0v) is 26.8. The molecule has 1 aliphatic carbocycles. The number of aliphatic hydroxyl groups is 2. The molecule has 1 aliphatic heterocycles. The van der Waals surface area contributed by atoms with Crippen molar-refractivity contribution >= 4 is 33.7 Å². The van der Waals surface area contributed by atoms with Crippen LogP contribution in [0.1, 0.15) is 89.4 Å². The first-order valence-electron chi connectivity index (χ1n) is 15.0. The minimum absolute atomic E-state index is 0.0318. The van der Waals surface area contributed by atoms with Gasteiger partial charge in [-0.2, -0.15) is 0 Å². The van der Waals surface area contributed by atoms with Gasteiger partial charge in [0.1, 0.15) is 11.4 Å². The molecule has 2 aliphatic rings. The number of benzene rings is 2. The number of hydrogen-bond donors (Lipinski definition) is 3. The van der Waals surface area contributed by atoms with Crippen LogP contribution in [0.5, 0.6) is 5.75 Å². The van der Waals surface area contributed by atoms with E-state index in [4.69, 9.17) is 24.3 Å². The number of esters is 1. The molecule has 0 radical (unpaired) electrons. The molecule has 2 aromatic rings. The number of ether oxygens (including phenoxy) is 3. The van der Waals surface area contributed by atoms with Crippen LogP contribution in [0, 0.1) is 0 Å². The first-order chi connectivity index (χ1) is 20.4. The third-order valence-corrected chi connectivity index (χ3v) is 8.43. The second kappa shape index (κ2) is 14.2. The van der Waals surface area contributed by atoms with Gasteiger partial charge in [-0.25, -0.2) is 4.99 Å². The maximum atomic E-state index is 14.3. The van der Waals surface area contributed by atoms with Crippen LogP contribution >= 0.6 is 15.9 Å². The third kappa shape index (κ3) is 8.58. The number of amides is 1. The van der Waals surface area contributed by atoms with E-state index in [-0.39, 0.29) is 31.9 Å². The van der Waals surface area contributed by atoms with E-state index in [1.807, 2.05) is 24.3 Å². The number of carbonyl (C=O) groups excluding carboxylic acids is 2. The van der Waals surface area contributed by atoms with Crippen molar-refractivity contribution in [2.45, 2.75) is 95.0 Å². The Morgan fingerprint density at radius 1 is 1.09 bits per heavy atom. The minimum Gasteiger partial charge on any atom is -0.494 e. The smallest absolute Gasteiger partial charge is 0.306 e. The number of hydrogen-bond acceptors (Lipinski definition) is 8. The van der Waals surface area contributed by atoms with Crippen LogP contribution in [0.2, 0.25) is 0 Å². The zero-order chi connectivity index (χ0) is 31.1. The number of nitrogens with zero attached hydrogens (tertiary/aromatic N) is 1. The molecule has 1 amide bonds. The van der Waals surface area contributed by atoms with Crippen molar-refractivity contribution in [3.05, 3.63) is 64.1 Å². The van der Waals surface area contributed by atoms with E-state index >= 15 is 0 Å². The van der Waals surface area contributed by atoms with Gasteiger partial charge in [-0.15, -0.1) is 0 Å². The van der Waals surface area contributed by atoms with E-state index in [9.17, 15) is 14.7 Å². The highest BCUT2D eigenvalue weighted by Crippen LogP contribution is 2.45. The zero-order valence-electron chi connectivity index (χ0n) is 25.2. The van der Waals surface area contributed by atoms with E-state index in [0.717, 1.165) is 23.7 Å². The van der Waals surface area contributed by atoms with E-state index in [1.54, 1.807) is 45.0 Å². The van der Waals surface area contributed by atoms with E-state index in [0.29, 0.717) is 42.7 Å². The van der Waals surface area contributed by atoms with Gasteiger partial charge in [-0.05, 0) is 70.4 Å². The van der Waals surface area contributed by atoms with Gasteiger partial charge in [0.2, 0.25) is 5.90 Å². The molecule has 0 aromatic heterocycles. The molecule has 2 atom stereocenters. The summed E-state index contributed by atoms with van der Waals surface area (Å²) in [5.41, 5.74) is -1.83. The lowest BCUT2D eigenvalue weighted by molar-refractivity contribution is -0.155. The van der Waals surface area contributed by atoms with E-state index < -0.39 is 34.7 Å². The molecule has 1 heterocycles. The SMILES string of the molecule is CC(C)(C)OC(=O)CC[C@@]1(C(=O)NCC2(O)CCCCC2)N=C(c2ccc(OCCCO)cc2)O[C@@H]1c1ccccc1Br. The van der Waals surface area contributed by atoms with Crippen molar-refractivity contribution < 1.29 is 34.0 Å². The van der Waals surface area contributed by atoms with Gasteiger partial charge in [0.05, 0.1) is 12.2 Å². The average Bonchev–Trinajstić information content (AvgIpc) is 3.36. The number of nitrogens with one attached hydrogen (secondary N) is 1. The maximum absolute atomic E-state index is 14.3. The lowest BCUT2D eigenvalue weighted by Gasteiger charge is -2.35. The summed E-state index contributed by atoms with van der Waals surface area (Å²) in [4.78, 5) is 32.2. The Balaban J connectivity index is 1.71. The summed E-state index contributed by atoms with van der Waals surface area (Å²) in [5.74, 6) is 0.0328. The lowest BCUT2D eigenvalue weighted by atomic mass is 9.82. The Kier molecular flexibility index (Phi) is 10.9. The molecule has 1 fully saturated rings. The number of rotatable bonds is 12. The fourth-order valence-electron chi connectivity index (χ4n) is 5.50. The summed E-state index contributed by atoms with van der Waals surface area (Å²) in [5, 5.41) is 23.2. The summed E-state index contributed by atoms with van der Waals surface area (Å²) in [6.07, 6.45) is 3.73. The Morgan fingerprint density at radius 2 is 1.79 bits per heavy atom. The molecule has 234 valence electrons. The molecule has 0 spiro atoms. The molecule has 0 unspecified atom stereocenters. The van der Waals surface area contributed by atoms with E-state index in [1.165, 1.54) is 0 Å². The number of carbonyl (C=O) groups is 2. The van der Waals surface area contributed by atoms with E-state index in [2.05, 4.69) is 21.2 Å². The molecule has 0 saturated heterocycles. The summed E-state index contributed by atoms with van der Waals surface area (Å²) < 4.78 is 18.5. The van der Waals surface area contributed by atoms with Crippen molar-refractivity contribution in [2.75, 3.05) is 19.8 Å². The van der Waals surface area contributed by atoms with Crippen LogP contribution in [0.25, 0.3) is 0 Å². The molecule has 43 heavy (non-hydrogen) atoms. The van der Waals surface area contributed by atoms with Crippen molar-refractivity contribution in [3.8, 4) is 5.75 Å². The Labute approximate surface area is 262 Å². The van der Waals surface area contributed by atoms with Crippen LogP contribution in [-0.4, -0.2) is 64.5 Å². The maximum Gasteiger partial charge on any atom is 0.306 e. The Bertz CT molecular complexity index is 1280. The predicted molar refractivity (Wildman–Crippen MR) is 167 cm³/mol. The standard InChI is InChI=1S/C33H43BrN2O7/c1-31(2,3)43-27(38)16-19-33(30(39)35-22-32(40)17-7-4-8-18-32)28(25-10-5-6-11-26(25)34)42-29(36-33)23-12-14-24(15-13-23)41-21-9-20-37/h5-6,10-15,28,37,40H,4,7-9,16-22H2,1-3H3,(H,35,39)/t28-,33-/m1/s1. The molecule has 10 heteroatoms. The van der Waals surface area contributed by atoms with Crippen LogP contribution in [-0.2, 0) is 19.1 Å². The van der Waals surface area contributed by atoms with Crippen molar-refractivity contribution in [2.24, 2.45) is 4.99 Å². The van der Waals surface area contributed by atoms with Crippen LogP contribution in [0.15, 0.2) is 58.0 Å². The second-order valence-corrected chi connectivity index (χ2v) is 13.2. The first-order valence-corrected chi connectivity index (χ1v) is 15.8. The molecule has 9 nitrogen and oxygen atoms in total. The fourth-order valence-corrected chi connectivity index (χ4v) is 6.00. The molecule has 1 saturated carbocycles. The van der Waals surface area contributed by atoms with Gasteiger partial charge in [0.25, 0.3) is 5.91 Å². The van der Waals surface area contributed by atoms with Crippen LogP contribution in [0.4, 0.5) is 0 Å². The largest absolute Gasteiger partial charge is 0.494 e. The van der Waals surface area contributed by atoms with Crippen molar-refractivity contribution in [1.29, 1.82) is 0 Å².